The first kappa shape index (κ1) is 14.6. The van der Waals surface area contributed by atoms with Gasteiger partial charge in [0.2, 0.25) is 0 Å². The van der Waals surface area contributed by atoms with Crippen molar-refractivity contribution in [1.29, 1.82) is 0 Å². The molecule has 2 aromatic carbocycles. The molecule has 0 aliphatic heterocycles. The molecule has 0 radical (unpaired) electrons. The summed E-state index contributed by atoms with van der Waals surface area (Å²) in [7, 11) is 1.26. The molecule has 0 aliphatic rings. The molecule has 0 spiro atoms. The zero-order chi connectivity index (χ0) is 16.6. The van der Waals surface area contributed by atoms with E-state index >= 15 is 0 Å². The van der Waals surface area contributed by atoms with E-state index in [4.69, 9.17) is 9.15 Å². The van der Waals surface area contributed by atoms with Crippen LogP contribution in [0.5, 0.6) is 5.75 Å². The third-order valence-electron chi connectivity index (χ3n) is 3.43. The summed E-state index contributed by atoms with van der Waals surface area (Å²) in [5.74, 6) is -0.284. The molecule has 1 heterocycles. The number of benzene rings is 2. The Morgan fingerprint density at radius 1 is 1.22 bits per heavy atom. The average molecular weight is 313 g/mol. The van der Waals surface area contributed by atoms with E-state index in [2.05, 4.69) is 0 Å². The maximum atomic E-state index is 11.8. The summed E-state index contributed by atoms with van der Waals surface area (Å²) in [5.41, 5.74) is 0.962. The summed E-state index contributed by atoms with van der Waals surface area (Å²) < 4.78 is 10.3. The molecule has 3 rings (SSSR count). The number of aromatic hydroxyl groups is 1. The number of non-ortho nitro benzene ring substituents is 1. The molecular weight excluding hydrogens is 302 g/mol. The first-order valence-corrected chi connectivity index (χ1v) is 6.60. The van der Waals surface area contributed by atoms with E-state index in [1.54, 1.807) is 6.07 Å². The molecule has 0 saturated carbocycles. The SMILES string of the molecule is COC(=O)c1ccc(O)c2oc(-c3ccc([N+](=O)[O-])cc3)cc12. The predicted molar refractivity (Wildman–Crippen MR) is 81.3 cm³/mol. The molecule has 116 valence electrons. The molecule has 1 aromatic heterocycles. The van der Waals surface area contributed by atoms with Crippen molar-refractivity contribution in [2.45, 2.75) is 0 Å². The summed E-state index contributed by atoms with van der Waals surface area (Å²) >= 11 is 0. The largest absolute Gasteiger partial charge is 0.504 e. The van der Waals surface area contributed by atoms with Crippen molar-refractivity contribution in [3.63, 3.8) is 0 Å². The van der Waals surface area contributed by atoms with Crippen LogP contribution in [0.4, 0.5) is 5.69 Å². The lowest BCUT2D eigenvalue weighted by Crippen LogP contribution is -2.00. The molecule has 3 aromatic rings. The van der Waals surface area contributed by atoms with E-state index in [-0.39, 0.29) is 22.6 Å². The van der Waals surface area contributed by atoms with Gasteiger partial charge in [-0.15, -0.1) is 0 Å². The quantitative estimate of drug-likeness (QED) is 0.451. The van der Waals surface area contributed by atoms with Gasteiger partial charge in [0.25, 0.3) is 5.69 Å². The molecular formula is C16H11NO6. The Morgan fingerprint density at radius 3 is 2.52 bits per heavy atom. The number of hydrogen-bond acceptors (Lipinski definition) is 6. The number of carbonyl (C=O) groups excluding carboxylic acids is 1. The zero-order valence-corrected chi connectivity index (χ0v) is 12.0. The molecule has 0 saturated heterocycles. The van der Waals surface area contributed by atoms with Crippen molar-refractivity contribution >= 4 is 22.6 Å². The van der Waals surface area contributed by atoms with Crippen LogP contribution in [0.15, 0.2) is 46.9 Å². The lowest BCUT2D eigenvalue weighted by atomic mass is 10.1. The molecule has 0 atom stereocenters. The molecule has 0 amide bonds. The number of furan rings is 1. The van der Waals surface area contributed by atoms with Crippen LogP contribution in [0.25, 0.3) is 22.3 Å². The molecule has 7 nitrogen and oxygen atoms in total. The van der Waals surface area contributed by atoms with Gasteiger partial charge in [0, 0.05) is 23.1 Å². The van der Waals surface area contributed by atoms with Gasteiger partial charge in [-0.2, -0.15) is 0 Å². The van der Waals surface area contributed by atoms with Gasteiger partial charge in [0.15, 0.2) is 11.3 Å². The number of phenols is 1. The number of nitro groups is 1. The third kappa shape index (κ3) is 2.48. The highest BCUT2D eigenvalue weighted by Crippen LogP contribution is 2.35. The minimum absolute atomic E-state index is 0.0389. The van der Waals surface area contributed by atoms with Gasteiger partial charge in [0.05, 0.1) is 17.6 Å². The number of phenolic OH excluding ortho intramolecular Hbond substituents is 1. The predicted octanol–water partition coefficient (Wildman–Crippen LogP) is 3.50. The lowest BCUT2D eigenvalue weighted by molar-refractivity contribution is -0.384. The van der Waals surface area contributed by atoms with E-state index < -0.39 is 10.9 Å². The summed E-state index contributed by atoms with van der Waals surface area (Å²) in [6.45, 7) is 0. The second kappa shape index (κ2) is 5.45. The zero-order valence-electron chi connectivity index (χ0n) is 12.0. The summed E-state index contributed by atoms with van der Waals surface area (Å²) in [4.78, 5) is 22.0. The van der Waals surface area contributed by atoms with Crippen molar-refractivity contribution < 1.29 is 24.0 Å². The van der Waals surface area contributed by atoms with Crippen LogP contribution < -0.4 is 0 Å². The van der Waals surface area contributed by atoms with Crippen LogP contribution >= 0.6 is 0 Å². The van der Waals surface area contributed by atoms with E-state index in [1.807, 2.05) is 0 Å². The number of carbonyl (C=O) groups is 1. The van der Waals surface area contributed by atoms with Gasteiger partial charge in [0.1, 0.15) is 5.76 Å². The number of esters is 1. The number of nitro benzene ring substituents is 1. The van der Waals surface area contributed by atoms with Gasteiger partial charge >= 0.3 is 5.97 Å². The molecule has 0 bridgehead atoms. The smallest absolute Gasteiger partial charge is 0.338 e. The Hall–Kier alpha value is -3.35. The van der Waals surface area contributed by atoms with Crippen molar-refractivity contribution in [2.75, 3.05) is 7.11 Å². The maximum absolute atomic E-state index is 11.8. The van der Waals surface area contributed by atoms with Crippen LogP contribution in [-0.2, 0) is 4.74 Å². The first-order valence-electron chi connectivity index (χ1n) is 6.60. The normalized spacial score (nSPS) is 10.7. The summed E-state index contributed by atoms with van der Waals surface area (Å²) in [5, 5.41) is 21.0. The first-order chi connectivity index (χ1) is 11.0. The molecule has 1 N–H and O–H groups in total. The van der Waals surface area contributed by atoms with Crippen molar-refractivity contribution in [3.8, 4) is 17.1 Å². The molecule has 0 unspecified atom stereocenters. The summed E-state index contributed by atoms with van der Waals surface area (Å²) in [6.07, 6.45) is 0. The third-order valence-corrected chi connectivity index (χ3v) is 3.43. The monoisotopic (exact) mass is 313 g/mol. The highest BCUT2D eigenvalue weighted by Gasteiger charge is 2.18. The van der Waals surface area contributed by atoms with Gasteiger partial charge in [-0.3, -0.25) is 10.1 Å². The van der Waals surface area contributed by atoms with Crippen LogP contribution in [0, 0.1) is 10.1 Å². The number of fused-ring (bicyclic) bond motifs is 1. The fourth-order valence-electron chi connectivity index (χ4n) is 2.29. The minimum Gasteiger partial charge on any atom is -0.504 e. The highest BCUT2D eigenvalue weighted by molar-refractivity contribution is 6.05. The second-order valence-electron chi connectivity index (χ2n) is 4.78. The summed E-state index contributed by atoms with van der Waals surface area (Å²) in [6, 6.07) is 10.1. The van der Waals surface area contributed by atoms with Crippen LogP contribution in [0.3, 0.4) is 0 Å². The van der Waals surface area contributed by atoms with Crippen molar-refractivity contribution in [1.82, 2.24) is 0 Å². The topological polar surface area (TPSA) is 103 Å². The molecule has 23 heavy (non-hydrogen) atoms. The van der Waals surface area contributed by atoms with Gasteiger partial charge in [-0.25, -0.2) is 4.79 Å². The van der Waals surface area contributed by atoms with Gasteiger partial charge in [-0.1, -0.05) is 0 Å². The lowest BCUT2D eigenvalue weighted by Gasteiger charge is -2.00. The van der Waals surface area contributed by atoms with Crippen LogP contribution in [0.1, 0.15) is 10.4 Å². The second-order valence-corrected chi connectivity index (χ2v) is 4.78. The average Bonchev–Trinajstić information content (AvgIpc) is 3.00. The van der Waals surface area contributed by atoms with E-state index in [9.17, 15) is 20.0 Å². The van der Waals surface area contributed by atoms with Crippen molar-refractivity contribution in [2.24, 2.45) is 0 Å². The maximum Gasteiger partial charge on any atom is 0.338 e. The highest BCUT2D eigenvalue weighted by atomic mass is 16.6. The standard InChI is InChI=1S/C16H11NO6/c1-22-16(19)11-6-7-13(18)15-12(11)8-14(23-15)9-2-4-10(5-3-9)17(20)21/h2-8,18H,1H3. The number of rotatable bonds is 3. The Balaban J connectivity index is 2.14. The number of hydrogen-bond donors (Lipinski definition) is 1. The van der Waals surface area contributed by atoms with E-state index in [0.29, 0.717) is 16.7 Å². The molecule has 0 aliphatic carbocycles. The molecule has 7 heteroatoms. The Morgan fingerprint density at radius 2 is 1.91 bits per heavy atom. The fourth-order valence-corrected chi connectivity index (χ4v) is 2.29. The van der Waals surface area contributed by atoms with E-state index in [1.165, 1.54) is 43.5 Å². The Kier molecular flexibility index (Phi) is 3.46. The number of methoxy groups -OCH3 is 1. The Labute approximate surface area is 129 Å². The fraction of sp³-hybridized carbons (Fsp3) is 0.0625. The van der Waals surface area contributed by atoms with Gasteiger partial charge < -0.3 is 14.3 Å². The van der Waals surface area contributed by atoms with E-state index in [0.717, 1.165) is 0 Å². The van der Waals surface area contributed by atoms with Crippen LogP contribution in [0.2, 0.25) is 0 Å². The number of nitrogens with zero attached hydrogens (tertiary/aromatic N) is 1. The van der Waals surface area contributed by atoms with Gasteiger partial charge in [-0.05, 0) is 30.3 Å². The van der Waals surface area contributed by atoms with Crippen molar-refractivity contribution in [3.05, 3.63) is 58.1 Å². The number of ether oxygens (including phenoxy) is 1. The van der Waals surface area contributed by atoms with Crippen LogP contribution in [-0.4, -0.2) is 23.1 Å². The Bertz CT molecular complexity index is 910. The minimum atomic E-state index is -0.550. The molecule has 0 fully saturated rings.